The third-order valence-electron chi connectivity index (χ3n) is 2.43. The highest BCUT2D eigenvalue weighted by Gasteiger charge is 1.75. The fourth-order valence-corrected chi connectivity index (χ4v) is 1.20. The molecule has 0 N–H and O–H groups in total. The summed E-state index contributed by atoms with van der Waals surface area (Å²) in [6, 6.07) is 0. The second kappa shape index (κ2) is 29.6. The Kier molecular flexibility index (Phi) is 38.3. The summed E-state index contributed by atoms with van der Waals surface area (Å²) in [4.78, 5) is 0. The van der Waals surface area contributed by atoms with E-state index in [0.717, 1.165) is 0 Å². The lowest BCUT2D eigenvalue weighted by Gasteiger charge is -1.86. The summed E-state index contributed by atoms with van der Waals surface area (Å²) in [7, 11) is 0. The maximum Gasteiger partial charge on any atom is -0.0354 e. The first-order valence-electron chi connectivity index (χ1n) is 7.85. The first-order chi connectivity index (χ1) is 8.24. The molecule has 0 aliphatic carbocycles. The third kappa shape index (κ3) is 49.6. The van der Waals surface area contributed by atoms with Crippen LogP contribution in [0.3, 0.4) is 0 Å². The zero-order chi connectivity index (χ0) is 13.8. The van der Waals surface area contributed by atoms with Gasteiger partial charge in [0.2, 0.25) is 0 Å². The summed E-state index contributed by atoms with van der Waals surface area (Å²) < 4.78 is 0. The number of hydrogen-bond acceptors (Lipinski definition) is 0. The first-order valence-corrected chi connectivity index (χ1v) is 7.85. The Morgan fingerprint density at radius 1 is 0.588 bits per heavy atom. The van der Waals surface area contributed by atoms with Crippen LogP contribution in [-0.2, 0) is 0 Å². The van der Waals surface area contributed by atoms with Gasteiger partial charge in [-0.2, -0.15) is 0 Å². The summed E-state index contributed by atoms with van der Waals surface area (Å²) in [5, 5.41) is 0. The Labute approximate surface area is 112 Å². The lowest BCUT2D eigenvalue weighted by molar-refractivity contribution is 0.702. The molecule has 0 unspecified atom stereocenters. The van der Waals surface area contributed by atoms with Crippen molar-refractivity contribution in [2.75, 3.05) is 0 Å². The molecule has 0 aromatic carbocycles. The van der Waals surface area contributed by atoms with Gasteiger partial charge in [-0.1, -0.05) is 98.5 Å². The van der Waals surface area contributed by atoms with Crippen LogP contribution < -0.4 is 0 Å². The highest BCUT2D eigenvalue weighted by atomic mass is 13.8. The van der Waals surface area contributed by atoms with Gasteiger partial charge in [0.1, 0.15) is 0 Å². The van der Waals surface area contributed by atoms with Gasteiger partial charge in [0.15, 0.2) is 0 Å². The van der Waals surface area contributed by atoms with Crippen molar-refractivity contribution in [2.45, 2.75) is 98.8 Å². The van der Waals surface area contributed by atoms with Crippen LogP contribution in [0.15, 0.2) is 12.7 Å². The number of hydrogen-bond donors (Lipinski definition) is 0. The monoisotopic (exact) mass is 242 g/mol. The molecular weight excluding hydrogens is 204 g/mol. The third-order valence-corrected chi connectivity index (χ3v) is 2.43. The molecule has 0 aromatic heterocycles. The molecule has 17 heavy (non-hydrogen) atoms. The predicted octanol–water partition coefficient (Wildman–Crippen LogP) is 7.15. The second-order valence-electron chi connectivity index (χ2n) is 4.49. The van der Waals surface area contributed by atoms with E-state index in [1.165, 1.54) is 64.2 Å². The Morgan fingerprint density at radius 2 is 0.941 bits per heavy atom. The maximum absolute atomic E-state index is 3.60. The summed E-state index contributed by atoms with van der Waals surface area (Å²) in [5.74, 6) is 0. The van der Waals surface area contributed by atoms with E-state index in [1.807, 2.05) is 6.08 Å². The highest BCUT2D eigenvalue weighted by Crippen LogP contribution is 1.95. The molecular formula is C17H38. The molecule has 106 valence electrons. The van der Waals surface area contributed by atoms with Crippen molar-refractivity contribution < 1.29 is 0 Å². The molecule has 0 aliphatic rings. The normalized spacial score (nSPS) is 8.53. The molecule has 0 fully saturated rings. The largest absolute Gasteiger partial charge is 0.103 e. The van der Waals surface area contributed by atoms with E-state index in [0.29, 0.717) is 0 Å². The molecule has 0 saturated heterocycles. The number of unbranched alkanes of at least 4 members (excludes halogenated alkanes) is 7. The van der Waals surface area contributed by atoms with Gasteiger partial charge in [-0.3, -0.25) is 0 Å². The molecule has 0 heteroatoms. The minimum Gasteiger partial charge on any atom is -0.103 e. The van der Waals surface area contributed by atoms with E-state index in [4.69, 9.17) is 0 Å². The lowest BCUT2D eigenvalue weighted by atomic mass is 10.2. The maximum atomic E-state index is 3.60. The summed E-state index contributed by atoms with van der Waals surface area (Å²) >= 11 is 0. The smallest absolute Gasteiger partial charge is 0.0354 e. The van der Waals surface area contributed by atoms with Gasteiger partial charge in [0, 0.05) is 0 Å². The van der Waals surface area contributed by atoms with Crippen molar-refractivity contribution in [3.63, 3.8) is 0 Å². The van der Waals surface area contributed by atoms with Crippen molar-refractivity contribution in [1.82, 2.24) is 0 Å². The minimum atomic E-state index is 1.18. The average molecular weight is 242 g/mol. The van der Waals surface area contributed by atoms with Crippen LogP contribution >= 0.6 is 0 Å². The van der Waals surface area contributed by atoms with Crippen molar-refractivity contribution in [3.8, 4) is 0 Å². The molecule has 0 rings (SSSR count). The van der Waals surface area contributed by atoms with Crippen LogP contribution in [-0.4, -0.2) is 0 Å². The quantitative estimate of drug-likeness (QED) is 0.313. The van der Waals surface area contributed by atoms with Crippen LogP contribution in [0.5, 0.6) is 0 Å². The van der Waals surface area contributed by atoms with Crippen LogP contribution in [0.1, 0.15) is 98.8 Å². The molecule has 0 radical (unpaired) electrons. The van der Waals surface area contributed by atoms with Gasteiger partial charge < -0.3 is 0 Å². The molecule has 0 saturated carbocycles. The Hall–Kier alpha value is -0.260. The van der Waals surface area contributed by atoms with E-state index >= 15 is 0 Å². The molecule has 0 bridgehead atoms. The SMILES string of the molecule is C=CCCCC.CCCCC.CCCCCC. The van der Waals surface area contributed by atoms with Crippen molar-refractivity contribution >= 4 is 0 Å². The molecule has 0 heterocycles. The van der Waals surface area contributed by atoms with Gasteiger partial charge in [0.25, 0.3) is 0 Å². The molecule has 0 aliphatic heterocycles. The number of allylic oxidation sites excluding steroid dienone is 1. The predicted molar refractivity (Wildman–Crippen MR) is 84.7 cm³/mol. The van der Waals surface area contributed by atoms with Crippen LogP contribution in [0.25, 0.3) is 0 Å². The lowest BCUT2D eigenvalue weighted by Crippen LogP contribution is -1.66. The molecule has 0 atom stereocenters. The minimum absolute atomic E-state index is 1.18. The van der Waals surface area contributed by atoms with E-state index in [9.17, 15) is 0 Å². The molecule has 0 nitrogen and oxygen atoms in total. The Balaban J connectivity index is -0.000000174. The van der Waals surface area contributed by atoms with Crippen molar-refractivity contribution in [2.24, 2.45) is 0 Å². The zero-order valence-corrected chi connectivity index (χ0v) is 13.4. The summed E-state index contributed by atoms with van der Waals surface area (Å²) in [6.45, 7) is 14.7. The van der Waals surface area contributed by atoms with Gasteiger partial charge in [-0.25, -0.2) is 0 Å². The second-order valence-corrected chi connectivity index (χ2v) is 4.49. The highest BCUT2D eigenvalue weighted by molar-refractivity contribution is 4.64. The van der Waals surface area contributed by atoms with Gasteiger partial charge in [0.05, 0.1) is 0 Å². The van der Waals surface area contributed by atoms with E-state index in [2.05, 4.69) is 41.2 Å². The zero-order valence-electron chi connectivity index (χ0n) is 13.4. The fraction of sp³-hybridized carbons (Fsp3) is 0.882. The van der Waals surface area contributed by atoms with Gasteiger partial charge in [-0.05, 0) is 6.42 Å². The molecule has 0 amide bonds. The van der Waals surface area contributed by atoms with Gasteiger partial charge >= 0.3 is 0 Å². The fourth-order valence-electron chi connectivity index (χ4n) is 1.20. The standard InChI is InChI=1S/C6H14.C6H12.C5H12/c2*1-3-5-6-4-2;1-3-5-4-2/h3-6H2,1-2H3;3H,1,4-6H2,2H3;3-5H2,1-2H3. The van der Waals surface area contributed by atoms with Crippen molar-refractivity contribution in [3.05, 3.63) is 12.7 Å². The number of rotatable bonds is 8. The van der Waals surface area contributed by atoms with E-state index in [1.54, 1.807) is 0 Å². The van der Waals surface area contributed by atoms with Gasteiger partial charge in [-0.15, -0.1) is 6.58 Å². The van der Waals surface area contributed by atoms with Crippen molar-refractivity contribution in [1.29, 1.82) is 0 Å². The Bertz CT molecular complexity index is 88.2. The van der Waals surface area contributed by atoms with Crippen LogP contribution in [0.2, 0.25) is 0 Å². The van der Waals surface area contributed by atoms with Crippen LogP contribution in [0, 0.1) is 0 Å². The first kappa shape index (κ1) is 22.0. The van der Waals surface area contributed by atoms with E-state index < -0.39 is 0 Å². The topological polar surface area (TPSA) is 0 Å². The average Bonchev–Trinajstić information content (AvgIpc) is 2.36. The summed E-state index contributed by atoms with van der Waals surface area (Å²) in [5.41, 5.74) is 0. The molecule has 0 aromatic rings. The van der Waals surface area contributed by atoms with Crippen LogP contribution in [0.4, 0.5) is 0 Å². The summed E-state index contributed by atoms with van der Waals surface area (Å²) in [6.07, 6.45) is 15.3. The Morgan fingerprint density at radius 3 is 1.06 bits per heavy atom. The van der Waals surface area contributed by atoms with E-state index in [-0.39, 0.29) is 0 Å². The molecule has 0 spiro atoms.